The Morgan fingerprint density at radius 3 is 2.68 bits per heavy atom. The van der Waals surface area contributed by atoms with Gasteiger partial charge >= 0.3 is 5.97 Å². The van der Waals surface area contributed by atoms with Crippen molar-refractivity contribution < 1.29 is 23.8 Å². The molecule has 0 aliphatic carbocycles. The Labute approximate surface area is 145 Å². The highest BCUT2D eigenvalue weighted by molar-refractivity contribution is 5.96. The molecular formula is C19H21NO5. The van der Waals surface area contributed by atoms with Crippen molar-refractivity contribution in [1.29, 1.82) is 0 Å². The molecule has 0 radical (unpaired) electrons. The maximum atomic E-state index is 12.4. The third-order valence-corrected chi connectivity index (χ3v) is 4.37. The molecule has 132 valence electrons. The number of ether oxygens (including phenoxy) is 1. The first-order valence-electron chi connectivity index (χ1n) is 8.42. The molecule has 0 spiro atoms. The second kappa shape index (κ2) is 7.53. The minimum absolute atomic E-state index is 0.0389. The molecule has 1 aliphatic heterocycles. The summed E-state index contributed by atoms with van der Waals surface area (Å²) in [4.78, 5) is 23.6. The summed E-state index contributed by atoms with van der Waals surface area (Å²) in [5, 5.41) is 12.1. The Morgan fingerprint density at radius 1 is 1.28 bits per heavy atom. The topological polar surface area (TPSA) is 88.8 Å². The van der Waals surface area contributed by atoms with Gasteiger partial charge in [-0.15, -0.1) is 0 Å². The van der Waals surface area contributed by atoms with Crippen molar-refractivity contribution in [3.8, 4) is 0 Å². The predicted octanol–water partition coefficient (Wildman–Crippen LogP) is 3.19. The van der Waals surface area contributed by atoms with E-state index in [0.29, 0.717) is 31.6 Å². The van der Waals surface area contributed by atoms with Gasteiger partial charge in [-0.3, -0.25) is 4.79 Å². The fourth-order valence-electron chi connectivity index (χ4n) is 3.07. The van der Waals surface area contributed by atoms with E-state index in [1.165, 1.54) is 6.07 Å². The van der Waals surface area contributed by atoms with Gasteiger partial charge in [0.05, 0.1) is 6.10 Å². The molecule has 0 saturated carbocycles. The normalized spacial score (nSPS) is 20.2. The van der Waals surface area contributed by atoms with E-state index >= 15 is 0 Å². The summed E-state index contributed by atoms with van der Waals surface area (Å²) in [5.41, 5.74) is 1.13. The lowest BCUT2D eigenvalue weighted by molar-refractivity contribution is 0.000700. The maximum absolute atomic E-state index is 12.4. The van der Waals surface area contributed by atoms with E-state index in [-0.39, 0.29) is 29.4 Å². The third kappa shape index (κ3) is 3.91. The fourth-order valence-corrected chi connectivity index (χ4v) is 3.07. The van der Waals surface area contributed by atoms with Crippen LogP contribution in [0.4, 0.5) is 0 Å². The second-order valence-corrected chi connectivity index (χ2v) is 6.07. The molecule has 2 unspecified atom stereocenters. The van der Waals surface area contributed by atoms with Crippen LogP contribution in [0.1, 0.15) is 58.1 Å². The molecule has 6 heteroatoms. The van der Waals surface area contributed by atoms with E-state index in [9.17, 15) is 9.59 Å². The molecule has 25 heavy (non-hydrogen) atoms. The molecule has 2 atom stereocenters. The first kappa shape index (κ1) is 17.2. The van der Waals surface area contributed by atoms with Gasteiger partial charge in [0.15, 0.2) is 5.76 Å². The second-order valence-electron chi connectivity index (χ2n) is 6.07. The summed E-state index contributed by atoms with van der Waals surface area (Å²) < 4.78 is 11.2. The van der Waals surface area contributed by atoms with E-state index in [2.05, 4.69) is 5.32 Å². The lowest BCUT2D eigenvalue weighted by Crippen LogP contribution is -2.39. The van der Waals surface area contributed by atoms with Gasteiger partial charge < -0.3 is 19.6 Å². The van der Waals surface area contributed by atoms with Crippen molar-refractivity contribution in [3.05, 3.63) is 59.0 Å². The van der Waals surface area contributed by atoms with Gasteiger partial charge in [-0.05, 0) is 18.4 Å². The number of furan rings is 1. The summed E-state index contributed by atoms with van der Waals surface area (Å²) in [6.45, 7) is 2.35. The van der Waals surface area contributed by atoms with Crippen LogP contribution in [-0.2, 0) is 11.2 Å². The third-order valence-electron chi connectivity index (χ3n) is 4.37. The Hall–Kier alpha value is -2.60. The molecule has 2 heterocycles. The number of benzene rings is 1. The molecule has 1 saturated heterocycles. The van der Waals surface area contributed by atoms with Crippen LogP contribution in [0.15, 0.2) is 40.8 Å². The van der Waals surface area contributed by atoms with Crippen molar-refractivity contribution in [1.82, 2.24) is 5.32 Å². The first-order valence-corrected chi connectivity index (χ1v) is 8.42. The predicted molar refractivity (Wildman–Crippen MR) is 90.7 cm³/mol. The molecule has 1 fully saturated rings. The highest BCUT2D eigenvalue weighted by Crippen LogP contribution is 2.28. The van der Waals surface area contributed by atoms with Crippen molar-refractivity contribution in [3.63, 3.8) is 0 Å². The van der Waals surface area contributed by atoms with E-state index in [1.807, 2.05) is 30.3 Å². The number of nitrogens with one attached hydrogen (secondary N) is 1. The number of hydrogen-bond donors (Lipinski definition) is 2. The maximum Gasteiger partial charge on any atom is 0.339 e. The molecule has 0 bridgehead atoms. The zero-order valence-electron chi connectivity index (χ0n) is 14.0. The fraction of sp³-hybridized carbons (Fsp3) is 0.368. The zero-order chi connectivity index (χ0) is 17.8. The van der Waals surface area contributed by atoms with Gasteiger partial charge in [-0.25, -0.2) is 4.79 Å². The molecule has 6 nitrogen and oxygen atoms in total. The summed E-state index contributed by atoms with van der Waals surface area (Å²) in [5.74, 6) is -1.13. The van der Waals surface area contributed by atoms with Crippen LogP contribution < -0.4 is 5.32 Å². The zero-order valence-corrected chi connectivity index (χ0v) is 14.0. The number of carbonyl (C=O) groups is 2. The number of carbonyl (C=O) groups excluding carboxylic acids is 1. The number of aryl methyl sites for hydroxylation is 1. The SMILES string of the molecule is CCc1oc(C(=O)NC2CCOC(c3ccccc3)C2)cc1C(=O)O. The Kier molecular flexibility index (Phi) is 5.19. The van der Waals surface area contributed by atoms with Gasteiger partial charge in [0.25, 0.3) is 5.91 Å². The van der Waals surface area contributed by atoms with E-state index < -0.39 is 5.97 Å². The Morgan fingerprint density at radius 2 is 2.04 bits per heavy atom. The highest BCUT2D eigenvalue weighted by atomic mass is 16.5. The summed E-state index contributed by atoms with van der Waals surface area (Å²) >= 11 is 0. The summed E-state index contributed by atoms with van der Waals surface area (Å²) in [7, 11) is 0. The number of rotatable bonds is 5. The number of amides is 1. The van der Waals surface area contributed by atoms with Gasteiger partial charge in [0, 0.05) is 25.1 Å². The van der Waals surface area contributed by atoms with Gasteiger partial charge in [0.1, 0.15) is 11.3 Å². The number of aromatic carboxylic acids is 1. The van der Waals surface area contributed by atoms with E-state index in [0.717, 1.165) is 5.56 Å². The molecule has 1 aromatic carbocycles. The molecule has 2 N–H and O–H groups in total. The molecule has 1 aromatic heterocycles. The Bertz CT molecular complexity index is 752. The number of hydrogen-bond acceptors (Lipinski definition) is 4. The van der Waals surface area contributed by atoms with Crippen molar-refractivity contribution in [2.24, 2.45) is 0 Å². The van der Waals surface area contributed by atoms with Crippen LogP contribution in [0.25, 0.3) is 0 Å². The van der Waals surface area contributed by atoms with Crippen LogP contribution in [0, 0.1) is 0 Å². The smallest absolute Gasteiger partial charge is 0.339 e. The quantitative estimate of drug-likeness (QED) is 0.870. The molecule has 1 amide bonds. The number of carboxylic acids is 1. The van der Waals surface area contributed by atoms with Crippen LogP contribution >= 0.6 is 0 Å². The van der Waals surface area contributed by atoms with E-state index in [4.69, 9.17) is 14.3 Å². The highest BCUT2D eigenvalue weighted by Gasteiger charge is 2.27. The number of carboxylic acid groups (broad SMARTS) is 1. The average molecular weight is 343 g/mol. The van der Waals surface area contributed by atoms with Crippen molar-refractivity contribution in [2.45, 2.75) is 38.3 Å². The first-order chi connectivity index (χ1) is 12.1. The van der Waals surface area contributed by atoms with Gasteiger partial charge in [-0.2, -0.15) is 0 Å². The van der Waals surface area contributed by atoms with E-state index in [1.54, 1.807) is 6.92 Å². The molecule has 1 aliphatic rings. The van der Waals surface area contributed by atoms with Crippen LogP contribution in [0.2, 0.25) is 0 Å². The molecule has 2 aromatic rings. The minimum Gasteiger partial charge on any atom is -0.478 e. The molecule has 3 rings (SSSR count). The van der Waals surface area contributed by atoms with Crippen LogP contribution in [0.3, 0.4) is 0 Å². The average Bonchev–Trinajstić information content (AvgIpc) is 3.08. The standard InChI is InChI=1S/C19H21NO5/c1-2-15-14(19(22)23)11-17(25-15)18(21)20-13-8-9-24-16(10-13)12-6-4-3-5-7-12/h3-7,11,13,16H,2,8-10H2,1H3,(H,20,21)(H,22,23). The van der Waals surface area contributed by atoms with Gasteiger partial charge in [0.2, 0.25) is 0 Å². The monoisotopic (exact) mass is 343 g/mol. The lowest BCUT2D eigenvalue weighted by Gasteiger charge is -2.30. The Balaban J connectivity index is 1.67. The van der Waals surface area contributed by atoms with Crippen LogP contribution in [-0.4, -0.2) is 29.6 Å². The van der Waals surface area contributed by atoms with Gasteiger partial charge in [-0.1, -0.05) is 37.3 Å². The minimum atomic E-state index is -1.09. The summed E-state index contributed by atoms with van der Waals surface area (Å²) in [6.07, 6.45) is 1.74. The summed E-state index contributed by atoms with van der Waals surface area (Å²) in [6, 6.07) is 11.1. The largest absolute Gasteiger partial charge is 0.478 e. The van der Waals surface area contributed by atoms with Crippen molar-refractivity contribution >= 4 is 11.9 Å². The lowest BCUT2D eigenvalue weighted by atomic mass is 9.97. The van der Waals surface area contributed by atoms with Crippen molar-refractivity contribution in [2.75, 3.05) is 6.61 Å². The van der Waals surface area contributed by atoms with Crippen LogP contribution in [0.5, 0.6) is 0 Å². The molecular weight excluding hydrogens is 322 g/mol.